The van der Waals surface area contributed by atoms with Crippen LogP contribution < -0.4 is 5.56 Å². The molecule has 3 N–H and O–H groups in total. The third-order valence-corrected chi connectivity index (χ3v) is 3.01. The molecule has 1 fully saturated rings. The first kappa shape index (κ1) is 13.1. The third-order valence-electron chi connectivity index (χ3n) is 3.01. The molecule has 5 nitrogen and oxygen atoms in total. The highest BCUT2D eigenvalue weighted by atomic mass is 19.1. The molecule has 1 aliphatic rings. The molecule has 0 aromatic carbocycles. The Morgan fingerprint density at radius 2 is 2.22 bits per heavy atom. The minimum atomic E-state index is -1.86. The van der Waals surface area contributed by atoms with Crippen molar-refractivity contribution in [3.8, 4) is 0 Å². The van der Waals surface area contributed by atoms with E-state index in [0.29, 0.717) is 0 Å². The molecule has 1 aromatic rings. The van der Waals surface area contributed by atoms with Crippen molar-refractivity contribution in [2.45, 2.75) is 31.4 Å². The lowest BCUT2D eigenvalue weighted by atomic mass is 10.0. The van der Waals surface area contributed by atoms with E-state index in [1.807, 2.05) is 4.98 Å². The van der Waals surface area contributed by atoms with E-state index in [2.05, 4.69) is 0 Å². The summed E-state index contributed by atoms with van der Waals surface area (Å²) >= 11 is 0. The van der Waals surface area contributed by atoms with E-state index in [0.717, 1.165) is 0 Å². The molecular formula is C11H13F2NO4. The molecule has 2 rings (SSSR count). The molecule has 0 amide bonds. The molecule has 100 valence electrons. The van der Waals surface area contributed by atoms with Crippen molar-refractivity contribution < 1.29 is 23.7 Å². The fraction of sp³-hybridized carbons (Fsp3) is 0.545. The monoisotopic (exact) mass is 261 g/mol. The topological polar surface area (TPSA) is 82.5 Å². The lowest BCUT2D eigenvalue weighted by Crippen LogP contribution is -2.30. The predicted molar refractivity (Wildman–Crippen MR) is 57.4 cm³/mol. The van der Waals surface area contributed by atoms with Crippen molar-refractivity contribution in [3.63, 3.8) is 0 Å². The van der Waals surface area contributed by atoms with E-state index in [4.69, 9.17) is 9.84 Å². The zero-order valence-electron chi connectivity index (χ0n) is 9.56. The Morgan fingerprint density at radius 1 is 1.56 bits per heavy atom. The molecule has 7 heteroatoms. The Bertz CT molecular complexity index is 504. The average Bonchev–Trinajstić information content (AvgIpc) is 2.61. The van der Waals surface area contributed by atoms with Crippen molar-refractivity contribution in [2.75, 3.05) is 6.61 Å². The maximum atomic E-state index is 13.8. The van der Waals surface area contributed by atoms with Crippen molar-refractivity contribution in [1.29, 1.82) is 0 Å². The van der Waals surface area contributed by atoms with Crippen LogP contribution in [0.4, 0.5) is 8.78 Å². The number of rotatable bonds is 2. The number of aromatic amines is 1. The second-order valence-corrected chi connectivity index (χ2v) is 4.26. The molecule has 0 spiro atoms. The van der Waals surface area contributed by atoms with Crippen LogP contribution in [-0.4, -0.2) is 40.2 Å². The molecule has 0 aliphatic carbocycles. The van der Waals surface area contributed by atoms with Crippen LogP contribution in [0, 0.1) is 12.9 Å². The van der Waals surface area contributed by atoms with Gasteiger partial charge >= 0.3 is 0 Å². The number of aryl methyl sites for hydroxylation is 1. The van der Waals surface area contributed by atoms with E-state index in [9.17, 15) is 18.7 Å². The van der Waals surface area contributed by atoms with Gasteiger partial charge in [-0.05, 0) is 13.0 Å². The minimum Gasteiger partial charge on any atom is -0.394 e. The standard InChI is InChI=1S/C11H13F2NO4/c1-4-2-5(10(13)14-11(4)17)9-7(12)8(16)6(3-15)18-9/h2,6-9,15-16H,3H2,1H3,(H,14,17). The highest BCUT2D eigenvalue weighted by molar-refractivity contribution is 5.23. The summed E-state index contributed by atoms with van der Waals surface area (Å²) < 4.78 is 32.4. The van der Waals surface area contributed by atoms with Gasteiger partial charge < -0.3 is 14.9 Å². The summed E-state index contributed by atoms with van der Waals surface area (Å²) in [5.41, 5.74) is -0.567. The van der Waals surface area contributed by atoms with Gasteiger partial charge in [0.2, 0.25) is 0 Å². The Labute approximate surface area is 101 Å². The largest absolute Gasteiger partial charge is 0.394 e. The first-order valence-electron chi connectivity index (χ1n) is 5.43. The summed E-state index contributed by atoms with van der Waals surface area (Å²) in [6.45, 7) is 0.881. The number of halogens is 2. The molecule has 0 radical (unpaired) electrons. The van der Waals surface area contributed by atoms with Gasteiger partial charge in [-0.1, -0.05) is 0 Å². The van der Waals surface area contributed by atoms with Crippen LogP contribution in [0.1, 0.15) is 17.2 Å². The van der Waals surface area contributed by atoms with Gasteiger partial charge in [-0.25, -0.2) is 4.39 Å². The van der Waals surface area contributed by atoms with Crippen molar-refractivity contribution >= 4 is 0 Å². The van der Waals surface area contributed by atoms with Crippen LogP contribution in [0.3, 0.4) is 0 Å². The van der Waals surface area contributed by atoms with Gasteiger partial charge in [0.15, 0.2) is 12.1 Å². The number of aliphatic hydroxyl groups excluding tert-OH is 2. The summed E-state index contributed by atoms with van der Waals surface area (Å²) in [6, 6.07) is 1.18. The number of alkyl halides is 1. The van der Waals surface area contributed by atoms with Gasteiger partial charge in [0.05, 0.1) is 6.61 Å². The lowest BCUT2D eigenvalue weighted by molar-refractivity contribution is -0.0236. The highest BCUT2D eigenvalue weighted by Gasteiger charge is 2.45. The van der Waals surface area contributed by atoms with Gasteiger partial charge in [0, 0.05) is 11.1 Å². The zero-order chi connectivity index (χ0) is 13.4. The lowest BCUT2D eigenvalue weighted by Gasteiger charge is -2.14. The number of hydrogen-bond donors (Lipinski definition) is 3. The number of nitrogens with one attached hydrogen (secondary N) is 1. The third kappa shape index (κ3) is 2.05. The van der Waals surface area contributed by atoms with Crippen LogP contribution in [0.25, 0.3) is 0 Å². The molecule has 4 atom stereocenters. The van der Waals surface area contributed by atoms with Crippen LogP contribution in [0.5, 0.6) is 0 Å². The SMILES string of the molecule is Cc1cc(C2OC(CO)C(O)C2F)c(F)[nH]c1=O. The van der Waals surface area contributed by atoms with Gasteiger partial charge in [0.25, 0.3) is 5.56 Å². The van der Waals surface area contributed by atoms with Crippen molar-refractivity contribution in [2.24, 2.45) is 0 Å². The van der Waals surface area contributed by atoms with Gasteiger partial charge in [0.1, 0.15) is 18.3 Å². The summed E-state index contributed by atoms with van der Waals surface area (Å²) in [5, 5.41) is 18.3. The first-order chi connectivity index (χ1) is 8.45. The molecule has 1 saturated heterocycles. The molecule has 2 heterocycles. The van der Waals surface area contributed by atoms with E-state index in [-0.39, 0.29) is 11.1 Å². The summed E-state index contributed by atoms with van der Waals surface area (Å²) in [6.07, 6.45) is -5.82. The molecular weight excluding hydrogens is 248 g/mol. The summed E-state index contributed by atoms with van der Waals surface area (Å²) in [5.74, 6) is -0.996. The molecule has 1 aliphatic heterocycles. The fourth-order valence-corrected chi connectivity index (χ4v) is 1.96. The van der Waals surface area contributed by atoms with Crippen LogP contribution >= 0.6 is 0 Å². The number of ether oxygens (including phenoxy) is 1. The Morgan fingerprint density at radius 3 is 2.78 bits per heavy atom. The van der Waals surface area contributed by atoms with Gasteiger partial charge in [-0.15, -0.1) is 0 Å². The van der Waals surface area contributed by atoms with E-state index in [1.165, 1.54) is 13.0 Å². The van der Waals surface area contributed by atoms with Gasteiger partial charge in [-0.3, -0.25) is 9.78 Å². The summed E-state index contributed by atoms with van der Waals surface area (Å²) in [7, 11) is 0. The smallest absolute Gasteiger partial charge is 0.253 e. The van der Waals surface area contributed by atoms with E-state index >= 15 is 0 Å². The first-order valence-corrected chi connectivity index (χ1v) is 5.43. The second kappa shape index (κ2) is 4.75. The van der Waals surface area contributed by atoms with Crippen LogP contribution in [0.15, 0.2) is 10.9 Å². The number of hydrogen-bond acceptors (Lipinski definition) is 4. The Kier molecular flexibility index (Phi) is 3.47. The molecule has 1 aromatic heterocycles. The van der Waals surface area contributed by atoms with Gasteiger partial charge in [-0.2, -0.15) is 4.39 Å². The van der Waals surface area contributed by atoms with Crippen LogP contribution in [0.2, 0.25) is 0 Å². The molecule has 0 bridgehead atoms. The Balaban J connectivity index is 2.38. The van der Waals surface area contributed by atoms with E-state index < -0.39 is 42.6 Å². The quantitative estimate of drug-likeness (QED) is 0.652. The number of H-pyrrole nitrogens is 1. The highest BCUT2D eigenvalue weighted by Crippen LogP contribution is 2.36. The summed E-state index contributed by atoms with van der Waals surface area (Å²) in [4.78, 5) is 13.1. The average molecular weight is 261 g/mol. The number of aromatic nitrogens is 1. The fourth-order valence-electron chi connectivity index (χ4n) is 1.96. The normalized spacial score (nSPS) is 31.8. The second-order valence-electron chi connectivity index (χ2n) is 4.26. The maximum absolute atomic E-state index is 13.8. The van der Waals surface area contributed by atoms with Crippen molar-refractivity contribution in [3.05, 3.63) is 33.5 Å². The van der Waals surface area contributed by atoms with Crippen LogP contribution in [-0.2, 0) is 4.74 Å². The van der Waals surface area contributed by atoms with E-state index in [1.54, 1.807) is 0 Å². The molecule has 4 unspecified atom stereocenters. The number of aliphatic hydroxyl groups is 2. The van der Waals surface area contributed by atoms with Crippen molar-refractivity contribution in [1.82, 2.24) is 4.98 Å². The predicted octanol–water partition coefficient (Wildman–Crippen LogP) is -0.0464. The minimum absolute atomic E-state index is 0.172. The molecule has 0 saturated carbocycles. The number of pyridine rings is 1. The maximum Gasteiger partial charge on any atom is 0.253 e. The zero-order valence-corrected chi connectivity index (χ0v) is 9.56. The molecule has 18 heavy (non-hydrogen) atoms. The Hall–Kier alpha value is -1.31.